The molecule has 0 heterocycles. The van der Waals surface area contributed by atoms with Crippen molar-refractivity contribution in [2.75, 3.05) is 7.11 Å². The number of aryl methyl sites for hydroxylation is 1. The summed E-state index contributed by atoms with van der Waals surface area (Å²) in [6, 6.07) is 3.68. The monoisotopic (exact) mass is 435 g/mol. The molecule has 5 rings (SSSR count). The molecule has 0 unspecified atom stereocenters. The predicted octanol–water partition coefficient (Wildman–Crippen LogP) is 2.67. The van der Waals surface area contributed by atoms with E-state index in [1.807, 2.05) is 10.8 Å². The second kappa shape index (κ2) is 6.36. The van der Waals surface area contributed by atoms with E-state index >= 15 is 0 Å². The van der Waals surface area contributed by atoms with E-state index in [1.54, 1.807) is 6.07 Å². The van der Waals surface area contributed by atoms with Gasteiger partial charge in [0.2, 0.25) is 5.91 Å². The Bertz CT molecular complexity index is 1020. The van der Waals surface area contributed by atoms with Crippen LogP contribution in [0, 0.1) is 22.7 Å². The standard InChI is InChI=1S/C22H29NO6S/c1-12(24)23-30(26,27)29-19-8-13-4-5-17-15(16(13)10-18(19)28-3)6-7-21(2)20(25)9-14-11-22(14,17)21/h8,10,14-15,17,20,25H,4-7,9,11H2,1-3H3,(H,23,24)/t14-,15-,17-,20-,21-,22+/m1/s1. The molecule has 0 saturated heterocycles. The van der Waals surface area contributed by atoms with E-state index in [0.717, 1.165) is 44.6 Å². The number of rotatable bonds is 4. The summed E-state index contributed by atoms with van der Waals surface area (Å²) in [6.45, 7) is 3.41. The Labute approximate surface area is 177 Å². The highest BCUT2D eigenvalue weighted by Gasteiger charge is 2.76. The lowest BCUT2D eigenvalue weighted by Gasteiger charge is -2.52. The summed E-state index contributed by atoms with van der Waals surface area (Å²) in [5.74, 6) is 1.32. The van der Waals surface area contributed by atoms with E-state index in [1.165, 1.54) is 19.1 Å². The average molecular weight is 436 g/mol. The zero-order valence-corrected chi connectivity index (χ0v) is 18.4. The smallest absolute Gasteiger partial charge is 0.409 e. The second-order valence-corrected chi connectivity index (χ2v) is 11.1. The Balaban J connectivity index is 1.49. The molecule has 6 atom stereocenters. The molecule has 30 heavy (non-hydrogen) atoms. The van der Waals surface area contributed by atoms with Crippen molar-refractivity contribution in [3.05, 3.63) is 23.3 Å². The van der Waals surface area contributed by atoms with Crippen molar-refractivity contribution in [2.45, 2.75) is 64.4 Å². The van der Waals surface area contributed by atoms with E-state index in [4.69, 9.17) is 8.92 Å². The maximum absolute atomic E-state index is 12.1. The number of carbonyl (C=O) groups is 1. The van der Waals surface area contributed by atoms with Crippen molar-refractivity contribution in [2.24, 2.45) is 22.7 Å². The minimum absolute atomic E-state index is 0.0237. The maximum atomic E-state index is 12.1. The molecular weight excluding hydrogens is 406 g/mol. The van der Waals surface area contributed by atoms with Gasteiger partial charge in [0.1, 0.15) is 0 Å². The van der Waals surface area contributed by atoms with Crippen molar-refractivity contribution in [3.63, 3.8) is 0 Å². The van der Waals surface area contributed by atoms with Gasteiger partial charge in [-0.3, -0.25) is 4.79 Å². The number of methoxy groups -OCH3 is 1. The lowest BCUT2D eigenvalue weighted by molar-refractivity contribution is -0.117. The molecule has 7 nitrogen and oxygen atoms in total. The van der Waals surface area contributed by atoms with Crippen LogP contribution in [0.25, 0.3) is 0 Å². The van der Waals surface area contributed by atoms with Gasteiger partial charge in [-0.1, -0.05) is 6.92 Å². The second-order valence-electron chi connectivity index (χ2n) is 9.80. The first-order valence-corrected chi connectivity index (χ1v) is 12.1. The van der Waals surface area contributed by atoms with Crippen LogP contribution in [0.3, 0.4) is 0 Å². The van der Waals surface area contributed by atoms with Gasteiger partial charge in [0, 0.05) is 6.92 Å². The Hall–Kier alpha value is -1.80. The topological polar surface area (TPSA) is 102 Å². The van der Waals surface area contributed by atoms with Crippen LogP contribution in [0.5, 0.6) is 11.5 Å². The Kier molecular flexibility index (Phi) is 4.26. The molecule has 4 aliphatic rings. The first-order chi connectivity index (χ1) is 14.1. The Morgan fingerprint density at radius 2 is 2.03 bits per heavy atom. The number of aliphatic hydroxyl groups is 1. The molecule has 164 valence electrons. The summed E-state index contributed by atoms with van der Waals surface area (Å²) in [5.41, 5.74) is 2.58. The third-order valence-electron chi connectivity index (χ3n) is 8.60. The molecule has 3 saturated carbocycles. The van der Waals surface area contributed by atoms with Crippen molar-refractivity contribution < 1.29 is 27.2 Å². The highest BCUT2D eigenvalue weighted by atomic mass is 32.2. The number of hydrogen-bond donors (Lipinski definition) is 2. The minimum atomic E-state index is -4.25. The quantitative estimate of drug-likeness (QED) is 0.754. The van der Waals surface area contributed by atoms with Gasteiger partial charge in [-0.2, -0.15) is 8.42 Å². The Morgan fingerprint density at radius 1 is 1.27 bits per heavy atom. The number of carbonyl (C=O) groups excluding carboxylic acids is 1. The van der Waals surface area contributed by atoms with Crippen LogP contribution >= 0.6 is 0 Å². The van der Waals surface area contributed by atoms with E-state index in [0.29, 0.717) is 23.5 Å². The number of nitrogens with one attached hydrogen (secondary N) is 1. The SMILES string of the molecule is COc1cc2c(cc1OS(=O)(=O)NC(C)=O)CC[C@@H]1[C@@H]2CC[C@]2(C)[C@H](O)C[C@@H]3C[C@]312. The van der Waals surface area contributed by atoms with Crippen molar-refractivity contribution in [1.29, 1.82) is 0 Å². The number of benzene rings is 1. The summed E-state index contributed by atoms with van der Waals surface area (Å²) in [7, 11) is -2.77. The fourth-order valence-corrected chi connectivity index (χ4v) is 8.10. The summed E-state index contributed by atoms with van der Waals surface area (Å²) < 4.78 is 36.6. The van der Waals surface area contributed by atoms with E-state index < -0.39 is 16.2 Å². The zero-order valence-electron chi connectivity index (χ0n) is 17.6. The first-order valence-electron chi connectivity index (χ1n) is 10.7. The fraction of sp³-hybridized carbons (Fsp3) is 0.682. The molecule has 0 bridgehead atoms. The molecular formula is C22H29NO6S. The van der Waals surface area contributed by atoms with Gasteiger partial charge in [-0.15, -0.1) is 0 Å². The number of aliphatic hydroxyl groups excluding tert-OH is 1. The van der Waals surface area contributed by atoms with Gasteiger partial charge in [0.05, 0.1) is 13.2 Å². The van der Waals surface area contributed by atoms with Crippen molar-refractivity contribution in [1.82, 2.24) is 4.72 Å². The van der Waals surface area contributed by atoms with Crippen LogP contribution in [0.15, 0.2) is 12.1 Å². The molecule has 1 aromatic carbocycles. The summed E-state index contributed by atoms with van der Waals surface area (Å²) >= 11 is 0. The molecule has 4 aliphatic carbocycles. The number of hydrogen-bond acceptors (Lipinski definition) is 6. The largest absolute Gasteiger partial charge is 0.493 e. The normalized spacial score (nSPS) is 38.5. The molecule has 2 N–H and O–H groups in total. The van der Waals surface area contributed by atoms with Crippen LogP contribution in [-0.2, 0) is 21.5 Å². The predicted molar refractivity (Wildman–Crippen MR) is 109 cm³/mol. The van der Waals surface area contributed by atoms with Crippen molar-refractivity contribution in [3.8, 4) is 11.5 Å². The number of amides is 1. The van der Waals surface area contributed by atoms with Crippen molar-refractivity contribution >= 4 is 16.2 Å². The number of fused-ring (bicyclic) bond motifs is 3. The first kappa shape index (κ1) is 20.1. The minimum Gasteiger partial charge on any atom is -0.493 e. The summed E-state index contributed by atoms with van der Waals surface area (Å²) in [6.07, 6.45) is 5.89. The Morgan fingerprint density at radius 3 is 2.73 bits per heavy atom. The van der Waals surface area contributed by atoms with Gasteiger partial charge in [-0.25, -0.2) is 4.72 Å². The van der Waals surface area contributed by atoms with Crippen LogP contribution in [-0.4, -0.2) is 32.6 Å². The molecule has 1 spiro atoms. The maximum Gasteiger partial charge on any atom is 0.409 e. The summed E-state index contributed by atoms with van der Waals surface area (Å²) in [4.78, 5) is 11.1. The van der Waals surface area contributed by atoms with Crippen LogP contribution in [0.1, 0.15) is 63.0 Å². The van der Waals surface area contributed by atoms with E-state index in [9.17, 15) is 18.3 Å². The molecule has 0 aromatic heterocycles. The van der Waals surface area contributed by atoms with Crippen LogP contribution in [0.4, 0.5) is 0 Å². The average Bonchev–Trinajstić information content (AvgIpc) is 3.31. The van der Waals surface area contributed by atoms with Gasteiger partial charge < -0.3 is 14.0 Å². The lowest BCUT2D eigenvalue weighted by atomic mass is 9.52. The fourth-order valence-electron chi connectivity index (χ4n) is 7.34. The van der Waals surface area contributed by atoms with E-state index in [2.05, 4.69) is 6.92 Å². The third-order valence-corrected chi connectivity index (χ3v) is 9.54. The zero-order chi connectivity index (χ0) is 21.5. The van der Waals surface area contributed by atoms with Gasteiger partial charge in [0.15, 0.2) is 11.5 Å². The highest BCUT2D eigenvalue weighted by Crippen LogP contribution is 2.81. The molecule has 1 amide bonds. The molecule has 0 aliphatic heterocycles. The molecule has 3 fully saturated rings. The van der Waals surface area contributed by atoms with Crippen LogP contribution < -0.4 is 13.6 Å². The molecule has 8 heteroatoms. The van der Waals surface area contributed by atoms with Gasteiger partial charge >= 0.3 is 10.3 Å². The number of ether oxygens (including phenoxy) is 1. The van der Waals surface area contributed by atoms with Gasteiger partial charge in [0.25, 0.3) is 0 Å². The summed E-state index contributed by atoms with van der Waals surface area (Å²) in [5, 5.41) is 10.7. The molecule has 1 aromatic rings. The lowest BCUT2D eigenvalue weighted by Crippen LogP contribution is -2.47. The highest BCUT2D eigenvalue weighted by molar-refractivity contribution is 7.85. The van der Waals surface area contributed by atoms with Gasteiger partial charge in [-0.05, 0) is 90.4 Å². The van der Waals surface area contributed by atoms with E-state index in [-0.39, 0.29) is 22.7 Å². The third kappa shape index (κ3) is 2.65. The molecule has 0 radical (unpaired) electrons. The van der Waals surface area contributed by atoms with Crippen LogP contribution in [0.2, 0.25) is 0 Å².